The van der Waals surface area contributed by atoms with Gasteiger partial charge >= 0.3 is 6.18 Å². The summed E-state index contributed by atoms with van der Waals surface area (Å²) in [4.78, 5) is 1.45. The van der Waals surface area contributed by atoms with Gasteiger partial charge in [0.25, 0.3) is 0 Å². The van der Waals surface area contributed by atoms with Gasteiger partial charge in [-0.2, -0.15) is 13.2 Å². The highest BCUT2D eigenvalue weighted by Crippen LogP contribution is 2.22. The third-order valence-corrected chi connectivity index (χ3v) is 3.67. The molecule has 0 aliphatic carbocycles. The number of hydrogen-bond donors (Lipinski definition) is 1. The number of halogens is 3. The monoisotopic (exact) mass is 302 g/mol. The van der Waals surface area contributed by atoms with Crippen LogP contribution in [0.4, 0.5) is 13.2 Å². The molecule has 0 fully saturated rings. The lowest BCUT2D eigenvalue weighted by atomic mass is 10.0. The van der Waals surface area contributed by atoms with Crippen molar-refractivity contribution in [3.8, 4) is 0 Å². The molecule has 0 radical (unpaired) electrons. The van der Waals surface area contributed by atoms with Crippen LogP contribution < -0.4 is 5.32 Å². The lowest BCUT2D eigenvalue weighted by Crippen LogP contribution is -2.43. The first-order valence-corrected chi connectivity index (χ1v) is 7.33. The first kappa shape index (κ1) is 18.0. The smallest absolute Gasteiger partial charge is 0.312 e. The summed E-state index contributed by atoms with van der Waals surface area (Å²) in [6.07, 6.45) is -3.22. The second-order valence-corrected chi connectivity index (χ2v) is 5.57. The second-order valence-electron chi connectivity index (χ2n) is 5.57. The van der Waals surface area contributed by atoms with Gasteiger partial charge in [-0.25, -0.2) is 0 Å². The van der Waals surface area contributed by atoms with Crippen LogP contribution >= 0.6 is 0 Å². The quantitative estimate of drug-likeness (QED) is 0.824. The van der Waals surface area contributed by atoms with Crippen molar-refractivity contribution in [3.05, 3.63) is 35.4 Å². The van der Waals surface area contributed by atoms with E-state index in [0.29, 0.717) is 6.54 Å². The Labute approximate surface area is 125 Å². The lowest BCUT2D eigenvalue weighted by molar-refractivity contribution is -0.150. The largest absolute Gasteiger partial charge is 0.401 e. The lowest BCUT2D eigenvalue weighted by Gasteiger charge is -2.31. The Morgan fingerprint density at radius 3 is 2.10 bits per heavy atom. The molecule has 1 rings (SSSR count). The van der Waals surface area contributed by atoms with Crippen LogP contribution in [0.1, 0.15) is 37.9 Å². The number of aryl methyl sites for hydroxylation is 1. The Morgan fingerprint density at radius 1 is 1.14 bits per heavy atom. The van der Waals surface area contributed by atoms with E-state index in [1.165, 1.54) is 10.5 Å². The molecule has 0 saturated heterocycles. The van der Waals surface area contributed by atoms with E-state index in [4.69, 9.17) is 0 Å². The molecule has 0 bridgehead atoms. The fraction of sp³-hybridized carbons (Fsp3) is 0.625. The van der Waals surface area contributed by atoms with Crippen LogP contribution in [0, 0.1) is 0 Å². The molecule has 120 valence electrons. The maximum atomic E-state index is 12.7. The molecule has 2 nitrogen and oxygen atoms in total. The Balaban J connectivity index is 2.82. The third kappa shape index (κ3) is 6.06. The molecule has 0 aromatic heterocycles. The van der Waals surface area contributed by atoms with E-state index in [1.54, 1.807) is 20.9 Å². The molecular formula is C16H25F3N2. The van der Waals surface area contributed by atoms with Crippen molar-refractivity contribution in [3.63, 3.8) is 0 Å². The van der Waals surface area contributed by atoms with Crippen molar-refractivity contribution in [2.24, 2.45) is 0 Å². The predicted molar refractivity (Wildman–Crippen MR) is 80.4 cm³/mol. The van der Waals surface area contributed by atoms with Gasteiger partial charge in [0, 0.05) is 18.6 Å². The van der Waals surface area contributed by atoms with Crippen LogP contribution in [0.3, 0.4) is 0 Å². The molecule has 1 N–H and O–H groups in total. The van der Waals surface area contributed by atoms with Gasteiger partial charge < -0.3 is 5.32 Å². The zero-order valence-corrected chi connectivity index (χ0v) is 13.2. The summed E-state index contributed by atoms with van der Waals surface area (Å²) < 4.78 is 38.0. The van der Waals surface area contributed by atoms with Gasteiger partial charge in [-0.1, -0.05) is 31.2 Å². The molecule has 1 unspecified atom stereocenters. The van der Waals surface area contributed by atoms with Gasteiger partial charge in [-0.05, 0) is 38.4 Å². The number of nitrogens with zero attached hydrogens (tertiary/aromatic N) is 1. The van der Waals surface area contributed by atoms with E-state index < -0.39 is 12.7 Å². The van der Waals surface area contributed by atoms with Crippen LogP contribution in [-0.4, -0.2) is 37.3 Å². The van der Waals surface area contributed by atoms with E-state index in [1.807, 2.05) is 24.3 Å². The summed E-state index contributed by atoms with van der Waals surface area (Å²) in [5.74, 6) is 0. The van der Waals surface area contributed by atoms with Crippen LogP contribution in [0.15, 0.2) is 24.3 Å². The van der Waals surface area contributed by atoms with E-state index in [0.717, 1.165) is 12.0 Å². The molecule has 0 amide bonds. The summed E-state index contributed by atoms with van der Waals surface area (Å²) in [7, 11) is 1.78. The van der Waals surface area contributed by atoms with Crippen LogP contribution in [0.25, 0.3) is 0 Å². The fourth-order valence-corrected chi connectivity index (χ4v) is 2.27. The Hall–Kier alpha value is -1.07. The highest BCUT2D eigenvalue weighted by Gasteiger charge is 2.32. The molecule has 21 heavy (non-hydrogen) atoms. The average Bonchev–Trinajstić information content (AvgIpc) is 2.42. The number of likely N-dealkylation sites (N-methyl/N-ethyl adjacent to an activating group) is 1. The van der Waals surface area contributed by atoms with E-state index >= 15 is 0 Å². The third-order valence-electron chi connectivity index (χ3n) is 3.67. The van der Waals surface area contributed by atoms with Crippen molar-refractivity contribution in [1.29, 1.82) is 0 Å². The molecule has 0 heterocycles. The average molecular weight is 302 g/mol. The van der Waals surface area contributed by atoms with Crippen molar-refractivity contribution < 1.29 is 13.2 Å². The Bertz CT molecular complexity index is 413. The molecule has 1 aromatic carbocycles. The molecule has 0 saturated carbocycles. The maximum Gasteiger partial charge on any atom is 0.401 e. The minimum atomic E-state index is -4.17. The molecule has 1 atom stereocenters. The molecule has 0 aliphatic rings. The number of alkyl halides is 3. The normalized spacial score (nSPS) is 14.0. The topological polar surface area (TPSA) is 15.3 Å². The molecular weight excluding hydrogens is 277 g/mol. The van der Waals surface area contributed by atoms with Crippen molar-refractivity contribution in [1.82, 2.24) is 10.2 Å². The van der Waals surface area contributed by atoms with E-state index in [-0.39, 0.29) is 12.1 Å². The number of benzene rings is 1. The Morgan fingerprint density at radius 2 is 1.71 bits per heavy atom. The van der Waals surface area contributed by atoms with Crippen molar-refractivity contribution >= 4 is 0 Å². The van der Waals surface area contributed by atoms with Gasteiger partial charge in [0.05, 0.1) is 6.54 Å². The number of nitrogens with one attached hydrogen (secondary N) is 1. The van der Waals surface area contributed by atoms with Gasteiger partial charge in [0.15, 0.2) is 0 Å². The highest BCUT2D eigenvalue weighted by atomic mass is 19.4. The molecule has 1 aromatic rings. The Kier molecular flexibility index (Phi) is 6.68. The zero-order valence-electron chi connectivity index (χ0n) is 13.2. The standard InChI is InChI=1S/C16H25F3N2/c1-5-13-6-8-14(9-7-13)15(20-4)10-21(12(2)3)11-16(17,18)19/h6-9,12,15,20H,5,10-11H2,1-4H3. The van der Waals surface area contributed by atoms with Gasteiger partial charge in [-0.15, -0.1) is 0 Å². The van der Waals surface area contributed by atoms with Crippen LogP contribution in [0.2, 0.25) is 0 Å². The van der Waals surface area contributed by atoms with Gasteiger partial charge in [0.1, 0.15) is 0 Å². The zero-order chi connectivity index (χ0) is 16.0. The first-order valence-electron chi connectivity index (χ1n) is 7.33. The minimum absolute atomic E-state index is 0.111. The second kappa shape index (κ2) is 7.80. The summed E-state index contributed by atoms with van der Waals surface area (Å²) >= 11 is 0. The van der Waals surface area contributed by atoms with Crippen molar-refractivity contribution in [2.45, 2.75) is 45.5 Å². The highest BCUT2D eigenvalue weighted by molar-refractivity contribution is 5.25. The van der Waals surface area contributed by atoms with Crippen LogP contribution in [0.5, 0.6) is 0 Å². The fourth-order valence-electron chi connectivity index (χ4n) is 2.27. The molecule has 0 spiro atoms. The maximum absolute atomic E-state index is 12.7. The summed E-state index contributed by atoms with van der Waals surface area (Å²) in [6, 6.07) is 7.78. The summed E-state index contributed by atoms with van der Waals surface area (Å²) in [5.41, 5.74) is 2.24. The van der Waals surface area contributed by atoms with Crippen molar-refractivity contribution in [2.75, 3.05) is 20.1 Å². The van der Waals surface area contributed by atoms with Gasteiger partial charge in [-0.3, -0.25) is 4.90 Å². The number of rotatable bonds is 7. The van der Waals surface area contributed by atoms with Crippen LogP contribution in [-0.2, 0) is 6.42 Å². The van der Waals surface area contributed by atoms with E-state index in [2.05, 4.69) is 12.2 Å². The van der Waals surface area contributed by atoms with E-state index in [9.17, 15) is 13.2 Å². The molecule has 0 aliphatic heterocycles. The molecule has 5 heteroatoms. The summed E-state index contributed by atoms with van der Waals surface area (Å²) in [5, 5.41) is 3.12. The minimum Gasteiger partial charge on any atom is -0.312 e. The summed E-state index contributed by atoms with van der Waals surface area (Å²) in [6.45, 7) is 5.11. The predicted octanol–water partition coefficient (Wildman–Crippen LogP) is 3.78. The van der Waals surface area contributed by atoms with Gasteiger partial charge in [0.2, 0.25) is 0 Å². The SMILES string of the molecule is CCc1ccc(C(CN(CC(F)(F)F)C(C)C)NC)cc1. The number of hydrogen-bond acceptors (Lipinski definition) is 2. The first-order chi connectivity index (χ1) is 9.76.